The quantitative estimate of drug-likeness (QED) is 0.526. The average molecular weight is 446 g/mol. The Morgan fingerprint density at radius 2 is 1.58 bits per heavy atom. The monoisotopic (exact) mass is 445 g/mol. The summed E-state index contributed by atoms with van der Waals surface area (Å²) in [6, 6.07) is 16.1. The Labute approximate surface area is 192 Å². The number of allylic oxidation sites excluding steroid dienone is 2. The second-order valence-electron chi connectivity index (χ2n) is 8.89. The molecule has 2 bridgehead atoms. The highest BCUT2D eigenvalue weighted by Gasteiger charge is 2.58. The number of rotatable bonds is 6. The molecule has 1 heterocycles. The standard InChI is InChI=1S/C26H27N3O4/c1-33-20-10-6-5-9-19(20)27-26(32)28-21(15-16-7-3-2-4-8-16)29-24(30)22-17-11-12-18(14-13-17)23(22)25(29)31/h2-12,17-18,21-23H,13-15H2,1H3,(H2,27,28,32)/t17-,18-,21+,22-,23+/m0/s1. The number of nitrogens with zero attached hydrogens (tertiary/aromatic N) is 1. The Hall–Kier alpha value is -3.61. The summed E-state index contributed by atoms with van der Waals surface area (Å²) in [4.78, 5) is 41.3. The molecule has 0 aromatic heterocycles. The van der Waals surface area contributed by atoms with Gasteiger partial charge in [-0.25, -0.2) is 4.79 Å². The molecule has 7 nitrogen and oxygen atoms in total. The smallest absolute Gasteiger partial charge is 0.320 e. The van der Waals surface area contributed by atoms with Crippen molar-refractivity contribution in [1.29, 1.82) is 0 Å². The number of carbonyl (C=O) groups excluding carboxylic acids is 3. The maximum Gasteiger partial charge on any atom is 0.320 e. The highest BCUT2D eigenvalue weighted by molar-refractivity contribution is 6.06. The first-order valence-electron chi connectivity index (χ1n) is 11.4. The molecule has 0 radical (unpaired) electrons. The number of likely N-dealkylation sites (tertiary alicyclic amines) is 1. The number of benzene rings is 2. The summed E-state index contributed by atoms with van der Waals surface area (Å²) in [6.07, 6.45) is 5.60. The Morgan fingerprint density at radius 3 is 2.18 bits per heavy atom. The predicted octanol–water partition coefficient (Wildman–Crippen LogP) is 3.58. The van der Waals surface area contributed by atoms with E-state index in [0.29, 0.717) is 17.9 Å². The fraction of sp³-hybridized carbons (Fsp3) is 0.346. The minimum Gasteiger partial charge on any atom is -0.495 e. The molecule has 5 atom stereocenters. The lowest BCUT2D eigenvalue weighted by Crippen LogP contribution is -2.53. The summed E-state index contributed by atoms with van der Waals surface area (Å²) < 4.78 is 5.31. The summed E-state index contributed by atoms with van der Waals surface area (Å²) >= 11 is 0. The molecular formula is C26H27N3O4. The minimum absolute atomic E-state index is 0.0984. The van der Waals surface area contributed by atoms with Gasteiger partial charge in [-0.15, -0.1) is 0 Å². The molecule has 1 saturated heterocycles. The van der Waals surface area contributed by atoms with Gasteiger partial charge in [0, 0.05) is 6.42 Å². The van der Waals surface area contributed by atoms with Gasteiger partial charge in [0.2, 0.25) is 11.8 Å². The number of methoxy groups -OCH3 is 1. The topological polar surface area (TPSA) is 87.7 Å². The maximum absolute atomic E-state index is 13.5. The molecule has 3 aliphatic carbocycles. The first kappa shape index (κ1) is 21.2. The van der Waals surface area contributed by atoms with E-state index in [1.807, 2.05) is 36.4 Å². The first-order chi connectivity index (χ1) is 16.1. The maximum atomic E-state index is 13.5. The Morgan fingerprint density at radius 1 is 0.970 bits per heavy atom. The molecule has 2 aromatic rings. The van der Waals surface area contributed by atoms with Gasteiger partial charge in [-0.05, 0) is 42.4 Å². The van der Waals surface area contributed by atoms with Crippen molar-refractivity contribution in [2.24, 2.45) is 23.7 Å². The number of nitrogens with one attached hydrogen (secondary N) is 2. The van der Waals surface area contributed by atoms with Gasteiger partial charge in [-0.2, -0.15) is 0 Å². The fourth-order valence-corrected chi connectivity index (χ4v) is 5.51. The van der Waals surface area contributed by atoms with Crippen LogP contribution in [0.3, 0.4) is 0 Å². The number of hydrogen-bond donors (Lipinski definition) is 2. The van der Waals surface area contributed by atoms with Crippen LogP contribution in [0.2, 0.25) is 0 Å². The highest BCUT2D eigenvalue weighted by atomic mass is 16.5. The minimum atomic E-state index is -0.785. The summed E-state index contributed by atoms with van der Waals surface area (Å²) in [5, 5.41) is 5.67. The molecule has 2 N–H and O–H groups in total. The zero-order valence-corrected chi connectivity index (χ0v) is 18.4. The normalized spacial score (nSPS) is 26.2. The van der Waals surface area contributed by atoms with E-state index < -0.39 is 12.2 Å². The largest absolute Gasteiger partial charge is 0.495 e. The number of fused-ring (bicyclic) bond motifs is 1. The van der Waals surface area contributed by atoms with E-state index >= 15 is 0 Å². The van der Waals surface area contributed by atoms with Crippen LogP contribution < -0.4 is 15.4 Å². The van der Waals surface area contributed by atoms with Crippen LogP contribution in [0.25, 0.3) is 0 Å². The van der Waals surface area contributed by atoms with Crippen molar-refractivity contribution in [2.75, 3.05) is 12.4 Å². The van der Waals surface area contributed by atoms with E-state index in [1.54, 1.807) is 18.2 Å². The van der Waals surface area contributed by atoms with Crippen molar-refractivity contribution in [3.8, 4) is 5.75 Å². The van der Waals surface area contributed by atoms with Crippen LogP contribution >= 0.6 is 0 Å². The van der Waals surface area contributed by atoms with Crippen molar-refractivity contribution in [3.63, 3.8) is 0 Å². The second kappa shape index (κ2) is 8.73. The van der Waals surface area contributed by atoms with Crippen molar-refractivity contribution in [1.82, 2.24) is 10.2 Å². The van der Waals surface area contributed by atoms with Crippen LogP contribution in [0.4, 0.5) is 10.5 Å². The second-order valence-corrected chi connectivity index (χ2v) is 8.89. The number of para-hydroxylation sites is 2. The van der Waals surface area contributed by atoms with E-state index in [0.717, 1.165) is 18.4 Å². The lowest BCUT2D eigenvalue weighted by molar-refractivity contribution is -0.143. The Kier molecular flexibility index (Phi) is 5.62. The SMILES string of the molecule is COc1ccccc1NC(=O)N[C@@H](Cc1ccccc1)N1C(=O)[C@@H]2[C@H](C1=O)[C@H]1C=C[C@H]2CC1. The third-order valence-corrected chi connectivity index (χ3v) is 7.03. The van der Waals surface area contributed by atoms with Gasteiger partial charge in [0.25, 0.3) is 0 Å². The van der Waals surface area contributed by atoms with Gasteiger partial charge in [0.05, 0.1) is 24.6 Å². The van der Waals surface area contributed by atoms with Crippen LogP contribution in [0.15, 0.2) is 66.7 Å². The van der Waals surface area contributed by atoms with Gasteiger partial charge in [-0.3, -0.25) is 14.5 Å². The molecule has 2 aromatic carbocycles. The van der Waals surface area contributed by atoms with E-state index in [-0.39, 0.29) is 35.5 Å². The number of anilines is 1. The Bertz CT molecular complexity index is 1070. The van der Waals surface area contributed by atoms with Crippen LogP contribution in [0.5, 0.6) is 5.75 Å². The average Bonchev–Trinajstić information content (AvgIpc) is 3.12. The van der Waals surface area contributed by atoms with Crippen molar-refractivity contribution in [2.45, 2.75) is 25.4 Å². The van der Waals surface area contributed by atoms with E-state index in [2.05, 4.69) is 22.8 Å². The van der Waals surface area contributed by atoms with Gasteiger partial charge in [0.1, 0.15) is 11.9 Å². The first-order valence-corrected chi connectivity index (χ1v) is 11.4. The number of carbonyl (C=O) groups is 3. The third kappa shape index (κ3) is 3.88. The van der Waals surface area contributed by atoms with E-state index in [9.17, 15) is 14.4 Å². The summed E-state index contributed by atoms with van der Waals surface area (Å²) in [6.45, 7) is 0. The zero-order valence-electron chi connectivity index (χ0n) is 18.4. The molecule has 1 aliphatic heterocycles. The lowest BCUT2D eigenvalue weighted by Gasteiger charge is -2.38. The molecule has 0 spiro atoms. The molecule has 6 rings (SSSR count). The molecule has 4 aliphatic rings. The number of hydrogen-bond acceptors (Lipinski definition) is 4. The summed E-state index contributed by atoms with van der Waals surface area (Å²) in [7, 11) is 1.53. The number of ether oxygens (including phenoxy) is 1. The number of urea groups is 1. The zero-order chi connectivity index (χ0) is 22.9. The predicted molar refractivity (Wildman–Crippen MR) is 123 cm³/mol. The molecule has 33 heavy (non-hydrogen) atoms. The van der Waals surface area contributed by atoms with Gasteiger partial charge in [0.15, 0.2) is 0 Å². The van der Waals surface area contributed by atoms with Crippen LogP contribution in [0.1, 0.15) is 18.4 Å². The molecule has 7 heteroatoms. The van der Waals surface area contributed by atoms with Crippen molar-refractivity contribution in [3.05, 3.63) is 72.3 Å². The van der Waals surface area contributed by atoms with E-state index in [4.69, 9.17) is 4.74 Å². The summed E-state index contributed by atoms with van der Waals surface area (Å²) in [5.74, 6) is -0.279. The van der Waals surface area contributed by atoms with Crippen LogP contribution in [-0.2, 0) is 16.0 Å². The molecule has 170 valence electrons. The third-order valence-electron chi connectivity index (χ3n) is 7.03. The van der Waals surface area contributed by atoms with Crippen LogP contribution in [-0.4, -0.2) is 36.0 Å². The van der Waals surface area contributed by atoms with E-state index in [1.165, 1.54) is 12.0 Å². The lowest BCUT2D eigenvalue weighted by atomic mass is 9.63. The van der Waals surface area contributed by atoms with Gasteiger partial charge < -0.3 is 15.4 Å². The van der Waals surface area contributed by atoms with Crippen molar-refractivity contribution >= 4 is 23.5 Å². The number of imide groups is 1. The van der Waals surface area contributed by atoms with Crippen LogP contribution in [0, 0.1) is 23.7 Å². The molecule has 2 fully saturated rings. The molecule has 4 amide bonds. The Balaban J connectivity index is 1.41. The summed E-state index contributed by atoms with van der Waals surface area (Å²) in [5.41, 5.74) is 1.43. The molecular weight excluding hydrogens is 418 g/mol. The molecule has 0 unspecified atom stereocenters. The van der Waals surface area contributed by atoms with Gasteiger partial charge in [-0.1, -0.05) is 54.6 Å². The molecule has 1 saturated carbocycles. The number of amides is 4. The van der Waals surface area contributed by atoms with Gasteiger partial charge >= 0.3 is 6.03 Å². The fourth-order valence-electron chi connectivity index (χ4n) is 5.51. The highest BCUT2D eigenvalue weighted by Crippen LogP contribution is 2.50. The van der Waals surface area contributed by atoms with Crippen molar-refractivity contribution < 1.29 is 19.1 Å².